The van der Waals surface area contributed by atoms with Gasteiger partial charge in [-0.15, -0.1) is 0 Å². The molecule has 0 bridgehead atoms. The van der Waals surface area contributed by atoms with Gasteiger partial charge in [-0.1, -0.05) is 74.4 Å². The maximum absolute atomic E-state index is 4.10. The van der Waals surface area contributed by atoms with Crippen molar-refractivity contribution in [2.24, 2.45) is 0 Å². The van der Waals surface area contributed by atoms with Crippen molar-refractivity contribution >= 4 is 11.8 Å². The number of aromatic nitrogens is 3. The largest absolute Gasteiger partial charge is 0.254 e. The molecule has 1 aromatic rings. The summed E-state index contributed by atoms with van der Waals surface area (Å²) in [5.41, 5.74) is 0. The summed E-state index contributed by atoms with van der Waals surface area (Å²) in [6.45, 7) is 2.25. The zero-order valence-corrected chi connectivity index (χ0v) is 15.9. The monoisotopic (exact) mass is 347 g/mol. The van der Waals surface area contributed by atoms with E-state index in [1.165, 1.54) is 57.8 Å². The predicted molar refractivity (Wildman–Crippen MR) is 106 cm³/mol. The Morgan fingerprint density at radius 2 is 1.58 bits per heavy atom. The summed E-state index contributed by atoms with van der Waals surface area (Å²) in [6.07, 6.45) is 27.6. The molecule has 0 spiro atoms. The van der Waals surface area contributed by atoms with E-state index in [0.717, 1.165) is 17.3 Å². The molecule has 1 heterocycles. The Labute approximate surface area is 152 Å². The first-order valence-corrected chi connectivity index (χ1v) is 10.4. The summed E-state index contributed by atoms with van der Waals surface area (Å²) < 4.78 is 0. The molecule has 3 nitrogen and oxygen atoms in total. The van der Waals surface area contributed by atoms with E-state index in [9.17, 15) is 0 Å². The van der Waals surface area contributed by atoms with Gasteiger partial charge < -0.3 is 0 Å². The van der Waals surface area contributed by atoms with Crippen LogP contribution in [0.5, 0.6) is 0 Å². The molecular formula is C20H33N3S. The van der Waals surface area contributed by atoms with Crippen LogP contribution in [0.1, 0.15) is 71.1 Å². The standard InChI is InChI=1S/C20H33N3S/c1-2-3-4-5-6-7-8-9-10-11-12-13-14-15-16-17-18-24-20-21-19-22-23-20/h6-7,10-13,19H,2-5,8-9,14-18H2,1H3,(H,21,22,23)/b7-6-,11-10+,13-12-. The van der Waals surface area contributed by atoms with Crippen molar-refractivity contribution in [1.29, 1.82) is 0 Å². The second-order valence-corrected chi connectivity index (χ2v) is 6.97. The van der Waals surface area contributed by atoms with Crippen LogP contribution in [0.2, 0.25) is 0 Å². The molecule has 1 rings (SSSR count). The fourth-order valence-corrected chi connectivity index (χ4v) is 3.04. The van der Waals surface area contributed by atoms with Gasteiger partial charge in [0.25, 0.3) is 0 Å². The topological polar surface area (TPSA) is 41.6 Å². The molecule has 0 atom stereocenters. The number of hydrogen-bond acceptors (Lipinski definition) is 3. The lowest BCUT2D eigenvalue weighted by Gasteiger charge is -1.97. The van der Waals surface area contributed by atoms with Crippen LogP contribution in [-0.2, 0) is 0 Å². The second kappa shape index (κ2) is 16.6. The van der Waals surface area contributed by atoms with Gasteiger partial charge in [-0.05, 0) is 44.9 Å². The van der Waals surface area contributed by atoms with Crippen LogP contribution in [0, 0.1) is 0 Å². The fraction of sp³-hybridized carbons (Fsp3) is 0.600. The van der Waals surface area contributed by atoms with Crippen LogP contribution in [0.15, 0.2) is 47.9 Å². The van der Waals surface area contributed by atoms with Gasteiger partial charge >= 0.3 is 0 Å². The second-order valence-electron chi connectivity index (χ2n) is 5.89. The van der Waals surface area contributed by atoms with Gasteiger partial charge in [0.2, 0.25) is 0 Å². The summed E-state index contributed by atoms with van der Waals surface area (Å²) in [4.78, 5) is 4.10. The van der Waals surface area contributed by atoms with Gasteiger partial charge in [0.1, 0.15) is 6.33 Å². The molecule has 0 radical (unpaired) electrons. The minimum absolute atomic E-state index is 0.927. The molecule has 4 heteroatoms. The van der Waals surface area contributed by atoms with Crippen LogP contribution in [-0.4, -0.2) is 20.9 Å². The summed E-state index contributed by atoms with van der Waals surface area (Å²) in [5.74, 6) is 1.12. The Kier molecular flexibility index (Phi) is 14.3. The fourth-order valence-electron chi connectivity index (χ4n) is 2.26. The van der Waals surface area contributed by atoms with E-state index in [0.29, 0.717) is 0 Å². The number of allylic oxidation sites excluding steroid dienone is 6. The highest BCUT2D eigenvalue weighted by Gasteiger charge is 1.95. The van der Waals surface area contributed by atoms with Gasteiger partial charge in [0, 0.05) is 5.75 Å². The van der Waals surface area contributed by atoms with E-state index in [1.54, 1.807) is 18.1 Å². The Morgan fingerprint density at radius 1 is 0.875 bits per heavy atom. The van der Waals surface area contributed by atoms with Crippen molar-refractivity contribution in [2.75, 3.05) is 5.75 Å². The number of unbranched alkanes of at least 4 members (excludes halogenated alkanes) is 7. The van der Waals surface area contributed by atoms with Crippen molar-refractivity contribution < 1.29 is 0 Å². The lowest BCUT2D eigenvalue weighted by Crippen LogP contribution is -1.82. The molecular weight excluding hydrogens is 314 g/mol. The third kappa shape index (κ3) is 13.2. The molecule has 0 unspecified atom stereocenters. The number of nitrogens with one attached hydrogen (secondary N) is 1. The van der Waals surface area contributed by atoms with Crippen molar-refractivity contribution in [1.82, 2.24) is 15.2 Å². The van der Waals surface area contributed by atoms with E-state index in [2.05, 4.69) is 58.6 Å². The van der Waals surface area contributed by atoms with Crippen molar-refractivity contribution in [2.45, 2.75) is 76.3 Å². The molecule has 0 aliphatic heterocycles. The summed E-state index contributed by atoms with van der Waals surface area (Å²) in [6, 6.07) is 0. The molecule has 0 aromatic carbocycles. The Bertz CT molecular complexity index is 449. The third-order valence-corrected chi connectivity index (χ3v) is 4.63. The van der Waals surface area contributed by atoms with Crippen LogP contribution < -0.4 is 0 Å². The van der Waals surface area contributed by atoms with E-state index in [-0.39, 0.29) is 0 Å². The zero-order valence-electron chi connectivity index (χ0n) is 15.1. The molecule has 1 N–H and O–H groups in total. The Balaban J connectivity index is 1.83. The molecule has 0 aliphatic rings. The van der Waals surface area contributed by atoms with Crippen LogP contribution in [0.3, 0.4) is 0 Å². The first kappa shape index (κ1) is 20.8. The number of H-pyrrole nitrogens is 1. The summed E-state index contributed by atoms with van der Waals surface area (Å²) in [7, 11) is 0. The van der Waals surface area contributed by atoms with Crippen molar-refractivity contribution in [3.8, 4) is 0 Å². The van der Waals surface area contributed by atoms with Gasteiger partial charge in [-0.3, -0.25) is 5.10 Å². The normalized spacial score (nSPS) is 12.2. The highest BCUT2D eigenvalue weighted by molar-refractivity contribution is 7.99. The minimum atomic E-state index is 0.927. The van der Waals surface area contributed by atoms with E-state index >= 15 is 0 Å². The van der Waals surface area contributed by atoms with Gasteiger partial charge in [-0.2, -0.15) is 5.10 Å². The molecule has 0 aliphatic carbocycles. The highest BCUT2D eigenvalue weighted by atomic mass is 32.2. The van der Waals surface area contributed by atoms with E-state index < -0.39 is 0 Å². The van der Waals surface area contributed by atoms with Crippen LogP contribution >= 0.6 is 11.8 Å². The van der Waals surface area contributed by atoms with Crippen LogP contribution in [0.4, 0.5) is 0 Å². The number of hydrogen-bond donors (Lipinski definition) is 1. The maximum Gasteiger partial charge on any atom is 0.183 e. The van der Waals surface area contributed by atoms with E-state index in [1.807, 2.05) is 0 Å². The lowest BCUT2D eigenvalue weighted by molar-refractivity contribution is 0.728. The highest BCUT2D eigenvalue weighted by Crippen LogP contribution is 2.14. The number of nitrogens with zero attached hydrogens (tertiary/aromatic N) is 2. The van der Waals surface area contributed by atoms with E-state index in [4.69, 9.17) is 0 Å². The Morgan fingerprint density at radius 3 is 2.38 bits per heavy atom. The first-order chi connectivity index (χ1) is 11.9. The first-order valence-electron chi connectivity index (χ1n) is 9.38. The number of thioether (sulfide) groups is 1. The SMILES string of the molecule is CCCCC/C=C\CC/C=C/C=C\CCCCCSc1ncn[nH]1. The quantitative estimate of drug-likeness (QED) is 0.171. The molecule has 1 aromatic heterocycles. The molecule has 0 saturated heterocycles. The molecule has 0 amide bonds. The average molecular weight is 348 g/mol. The molecule has 0 fully saturated rings. The van der Waals surface area contributed by atoms with Crippen LogP contribution in [0.25, 0.3) is 0 Å². The molecule has 0 saturated carbocycles. The molecule has 24 heavy (non-hydrogen) atoms. The summed E-state index contributed by atoms with van der Waals surface area (Å²) >= 11 is 1.75. The zero-order chi connectivity index (χ0) is 17.1. The summed E-state index contributed by atoms with van der Waals surface area (Å²) in [5, 5.41) is 7.64. The molecule has 134 valence electrons. The average Bonchev–Trinajstić information content (AvgIpc) is 3.11. The smallest absolute Gasteiger partial charge is 0.183 e. The van der Waals surface area contributed by atoms with Gasteiger partial charge in [-0.25, -0.2) is 4.98 Å². The third-order valence-electron chi connectivity index (χ3n) is 3.67. The van der Waals surface area contributed by atoms with Crippen molar-refractivity contribution in [3.63, 3.8) is 0 Å². The maximum atomic E-state index is 4.10. The number of rotatable bonds is 15. The Hall–Kier alpha value is -1.29. The lowest BCUT2D eigenvalue weighted by atomic mass is 10.2. The predicted octanol–water partition coefficient (Wildman–Crippen LogP) is 6.49. The minimum Gasteiger partial charge on any atom is -0.254 e. The van der Waals surface area contributed by atoms with Gasteiger partial charge in [0.15, 0.2) is 5.16 Å². The number of aromatic amines is 1. The van der Waals surface area contributed by atoms with Crippen molar-refractivity contribution in [3.05, 3.63) is 42.8 Å². The van der Waals surface area contributed by atoms with Gasteiger partial charge in [0.05, 0.1) is 0 Å².